The summed E-state index contributed by atoms with van der Waals surface area (Å²) in [6.07, 6.45) is 1.16. The molecule has 0 saturated carbocycles. The van der Waals surface area contributed by atoms with E-state index in [2.05, 4.69) is 19.9 Å². The minimum atomic E-state index is 0.0173. The van der Waals surface area contributed by atoms with E-state index in [4.69, 9.17) is 16.3 Å². The second-order valence-corrected chi connectivity index (χ2v) is 5.97. The van der Waals surface area contributed by atoms with Gasteiger partial charge in [0, 0.05) is 18.8 Å². The molecule has 1 aromatic heterocycles. The molecule has 1 atom stereocenters. The van der Waals surface area contributed by atoms with Crippen molar-refractivity contribution in [2.45, 2.75) is 32.4 Å². The van der Waals surface area contributed by atoms with E-state index in [-0.39, 0.29) is 17.4 Å². The topological polar surface area (TPSA) is 51.1 Å². The summed E-state index contributed by atoms with van der Waals surface area (Å²) < 4.78 is 5.47. The molecule has 1 fully saturated rings. The Morgan fingerprint density at radius 3 is 2.78 bits per heavy atom. The summed E-state index contributed by atoms with van der Waals surface area (Å²) in [4.78, 5) is 14.5. The van der Waals surface area contributed by atoms with Crippen molar-refractivity contribution in [1.82, 2.24) is 15.0 Å². The van der Waals surface area contributed by atoms with Crippen molar-refractivity contribution in [1.29, 1.82) is 0 Å². The van der Waals surface area contributed by atoms with E-state index < -0.39 is 0 Å². The van der Waals surface area contributed by atoms with Crippen molar-refractivity contribution in [2.24, 2.45) is 0 Å². The summed E-state index contributed by atoms with van der Waals surface area (Å²) in [5, 5.41) is 0.174. The Balaban J connectivity index is 2.18. The molecule has 1 aliphatic rings. The van der Waals surface area contributed by atoms with Crippen LogP contribution < -0.4 is 9.64 Å². The number of aromatic nitrogens is 3. The van der Waals surface area contributed by atoms with Crippen LogP contribution in [0.2, 0.25) is 5.28 Å². The van der Waals surface area contributed by atoms with Gasteiger partial charge in [-0.1, -0.05) is 0 Å². The second kappa shape index (κ2) is 5.93. The Kier molecular flexibility index (Phi) is 4.50. The van der Waals surface area contributed by atoms with Crippen LogP contribution >= 0.6 is 23.4 Å². The molecule has 2 rings (SSSR count). The molecule has 0 radical (unpaired) electrons. The number of hydrogen-bond acceptors (Lipinski definition) is 6. The van der Waals surface area contributed by atoms with Crippen molar-refractivity contribution in [3.63, 3.8) is 0 Å². The number of ether oxygens (including phenoxy) is 1. The lowest BCUT2D eigenvalue weighted by Gasteiger charge is -2.23. The van der Waals surface area contributed by atoms with Crippen molar-refractivity contribution < 1.29 is 4.74 Å². The summed E-state index contributed by atoms with van der Waals surface area (Å²) in [6.45, 7) is 3.85. The Morgan fingerprint density at radius 2 is 2.17 bits per heavy atom. The number of nitrogens with zero attached hydrogens (tertiary/aromatic N) is 4. The van der Waals surface area contributed by atoms with Crippen LogP contribution in [0.15, 0.2) is 0 Å². The van der Waals surface area contributed by atoms with E-state index >= 15 is 0 Å². The average Bonchev–Trinajstić information content (AvgIpc) is 2.79. The monoisotopic (exact) mass is 288 g/mol. The fraction of sp³-hybridized carbons (Fsp3) is 0.727. The molecule has 1 unspecified atom stereocenters. The van der Waals surface area contributed by atoms with E-state index in [0.29, 0.717) is 12.0 Å². The number of thioether (sulfide) groups is 1. The minimum absolute atomic E-state index is 0.0173. The van der Waals surface area contributed by atoms with Gasteiger partial charge >= 0.3 is 6.01 Å². The molecular weight excluding hydrogens is 272 g/mol. The Hall–Kier alpha value is -0.750. The zero-order valence-electron chi connectivity index (χ0n) is 10.8. The minimum Gasteiger partial charge on any atom is -0.461 e. The molecule has 0 N–H and O–H groups in total. The van der Waals surface area contributed by atoms with Gasteiger partial charge in [-0.3, -0.25) is 0 Å². The number of hydrogen-bond donors (Lipinski definition) is 0. The number of rotatable bonds is 4. The molecule has 0 aliphatic carbocycles. The first-order valence-corrected chi connectivity index (χ1v) is 7.48. The van der Waals surface area contributed by atoms with Crippen LogP contribution in [0, 0.1) is 0 Å². The third-order valence-corrected chi connectivity index (χ3v) is 4.00. The van der Waals surface area contributed by atoms with Crippen molar-refractivity contribution in [2.75, 3.05) is 23.5 Å². The predicted molar refractivity (Wildman–Crippen MR) is 74.7 cm³/mol. The molecule has 100 valence electrons. The normalized spacial score (nSPS) is 19.3. The molecule has 0 aromatic carbocycles. The Bertz CT molecular complexity index is 412. The lowest BCUT2D eigenvalue weighted by atomic mass is 10.2. The molecule has 0 amide bonds. The molecule has 18 heavy (non-hydrogen) atoms. The molecule has 1 aromatic rings. The van der Waals surface area contributed by atoms with Crippen LogP contribution in [0.3, 0.4) is 0 Å². The van der Waals surface area contributed by atoms with Crippen LogP contribution in [0.25, 0.3) is 0 Å². The van der Waals surface area contributed by atoms with Gasteiger partial charge < -0.3 is 9.64 Å². The predicted octanol–water partition coefficient (Wildman–Crippen LogP) is 2.25. The summed E-state index contributed by atoms with van der Waals surface area (Å²) >= 11 is 7.86. The molecule has 0 spiro atoms. The van der Waals surface area contributed by atoms with Gasteiger partial charge in [0.25, 0.3) is 0 Å². The molecule has 1 aliphatic heterocycles. The van der Waals surface area contributed by atoms with E-state index in [0.717, 1.165) is 12.2 Å². The first kappa shape index (κ1) is 13.7. The van der Waals surface area contributed by atoms with E-state index in [9.17, 15) is 0 Å². The fourth-order valence-electron chi connectivity index (χ4n) is 1.73. The lowest BCUT2D eigenvalue weighted by Crippen LogP contribution is -2.33. The first-order chi connectivity index (χ1) is 8.56. The third-order valence-electron chi connectivity index (χ3n) is 2.69. The third kappa shape index (κ3) is 3.38. The quantitative estimate of drug-likeness (QED) is 0.847. The zero-order chi connectivity index (χ0) is 13.1. The fourth-order valence-corrected chi connectivity index (χ4v) is 3.15. The van der Waals surface area contributed by atoms with Crippen LogP contribution in [-0.4, -0.2) is 45.7 Å². The molecular formula is C11H17ClN4OS. The van der Waals surface area contributed by atoms with Crippen LogP contribution in [0.1, 0.15) is 20.3 Å². The van der Waals surface area contributed by atoms with E-state index in [1.54, 1.807) is 0 Å². The Labute approximate surface area is 116 Å². The van der Waals surface area contributed by atoms with Gasteiger partial charge in [-0.25, -0.2) is 0 Å². The maximum absolute atomic E-state index is 5.91. The smallest absolute Gasteiger partial charge is 0.322 e. The average molecular weight is 289 g/mol. The van der Waals surface area contributed by atoms with Gasteiger partial charge in [0.05, 0.1) is 6.10 Å². The molecule has 0 bridgehead atoms. The van der Waals surface area contributed by atoms with E-state index in [1.165, 1.54) is 5.75 Å². The standard InChI is InChI=1S/C11H17ClN4OS/c1-7(2)17-11-14-9(12)13-10(15-11)16(3)8-4-5-18-6-8/h7-8H,4-6H2,1-3H3. The maximum atomic E-state index is 5.91. The van der Waals surface area contributed by atoms with Crippen molar-refractivity contribution in [3.05, 3.63) is 5.28 Å². The summed E-state index contributed by atoms with van der Waals surface area (Å²) in [7, 11) is 1.99. The summed E-state index contributed by atoms with van der Waals surface area (Å²) in [5.74, 6) is 2.86. The number of anilines is 1. The highest BCUT2D eigenvalue weighted by Gasteiger charge is 2.23. The van der Waals surface area contributed by atoms with Crippen LogP contribution in [-0.2, 0) is 0 Å². The van der Waals surface area contributed by atoms with Crippen LogP contribution in [0.5, 0.6) is 6.01 Å². The molecule has 2 heterocycles. The SMILES string of the molecule is CC(C)Oc1nc(Cl)nc(N(C)C2CCSC2)n1. The Morgan fingerprint density at radius 1 is 1.39 bits per heavy atom. The summed E-state index contributed by atoms with van der Waals surface area (Å²) in [5.41, 5.74) is 0. The van der Waals surface area contributed by atoms with Gasteiger partial charge in [0.15, 0.2) is 0 Å². The second-order valence-electron chi connectivity index (χ2n) is 4.48. The van der Waals surface area contributed by atoms with Gasteiger partial charge in [-0.2, -0.15) is 26.7 Å². The molecule has 7 heteroatoms. The van der Waals surface area contributed by atoms with Gasteiger partial charge in [-0.05, 0) is 37.6 Å². The van der Waals surface area contributed by atoms with E-state index in [1.807, 2.05) is 32.7 Å². The highest BCUT2D eigenvalue weighted by atomic mass is 35.5. The zero-order valence-corrected chi connectivity index (χ0v) is 12.3. The highest BCUT2D eigenvalue weighted by Crippen LogP contribution is 2.25. The summed E-state index contributed by atoms with van der Waals surface area (Å²) in [6, 6.07) is 0.748. The van der Waals surface area contributed by atoms with Crippen molar-refractivity contribution in [3.8, 4) is 6.01 Å². The lowest BCUT2D eigenvalue weighted by molar-refractivity contribution is 0.221. The van der Waals surface area contributed by atoms with Gasteiger partial charge in [0.2, 0.25) is 11.2 Å². The van der Waals surface area contributed by atoms with Crippen molar-refractivity contribution >= 4 is 29.3 Å². The molecule has 5 nitrogen and oxygen atoms in total. The first-order valence-electron chi connectivity index (χ1n) is 5.95. The highest BCUT2D eigenvalue weighted by molar-refractivity contribution is 7.99. The van der Waals surface area contributed by atoms with Gasteiger partial charge in [0.1, 0.15) is 0 Å². The maximum Gasteiger partial charge on any atom is 0.322 e. The molecule has 1 saturated heterocycles. The largest absolute Gasteiger partial charge is 0.461 e. The van der Waals surface area contributed by atoms with Crippen LogP contribution in [0.4, 0.5) is 5.95 Å². The van der Waals surface area contributed by atoms with Gasteiger partial charge in [-0.15, -0.1) is 0 Å². The number of halogens is 1.